The number of rotatable bonds is 10. The number of benzene rings is 2. The summed E-state index contributed by atoms with van der Waals surface area (Å²) in [5.74, 6) is 3.33. The fourth-order valence-corrected chi connectivity index (χ4v) is 3.07. The molecular weight excluding hydrogens is 362 g/mol. The Labute approximate surface area is 173 Å². The van der Waals surface area contributed by atoms with Gasteiger partial charge in [-0.3, -0.25) is 0 Å². The first-order valence-electron chi connectivity index (χ1n) is 10.3. The third-order valence-corrected chi connectivity index (χ3v) is 4.95. The van der Waals surface area contributed by atoms with E-state index in [4.69, 9.17) is 19.6 Å². The van der Waals surface area contributed by atoms with Gasteiger partial charge in [-0.05, 0) is 56.7 Å². The molecule has 0 aliphatic heterocycles. The summed E-state index contributed by atoms with van der Waals surface area (Å²) >= 11 is 0. The van der Waals surface area contributed by atoms with Crippen LogP contribution in [0.25, 0.3) is 11.4 Å². The van der Waals surface area contributed by atoms with Crippen LogP contribution in [-0.4, -0.2) is 27.5 Å². The number of unbranched alkanes of at least 4 members (excludes halogenated alkanes) is 2. The minimum atomic E-state index is -0.278. The first-order chi connectivity index (χ1) is 14.0. The van der Waals surface area contributed by atoms with Gasteiger partial charge in [-0.25, -0.2) is 9.67 Å². The number of nitrogens with zero attached hydrogens (tertiary/aromatic N) is 3. The molecule has 0 aliphatic carbocycles. The molecule has 3 aromatic rings. The summed E-state index contributed by atoms with van der Waals surface area (Å²) in [7, 11) is 1.74. The van der Waals surface area contributed by atoms with Gasteiger partial charge in [-0.2, -0.15) is 5.10 Å². The Hall–Kier alpha value is -2.66. The molecule has 0 bridgehead atoms. The highest BCUT2D eigenvalue weighted by Crippen LogP contribution is 2.25. The Balaban J connectivity index is 1.79. The first-order valence-corrected chi connectivity index (χ1v) is 10.3. The van der Waals surface area contributed by atoms with E-state index in [2.05, 4.69) is 20.8 Å². The monoisotopic (exact) mass is 393 g/mol. The second kappa shape index (κ2) is 9.70. The highest BCUT2D eigenvalue weighted by molar-refractivity contribution is 5.56. The third-order valence-electron chi connectivity index (χ3n) is 4.95. The molecule has 0 N–H and O–H groups in total. The summed E-state index contributed by atoms with van der Waals surface area (Å²) in [6.45, 7) is 7.24. The van der Waals surface area contributed by atoms with Gasteiger partial charge in [0.15, 0.2) is 5.82 Å². The summed E-state index contributed by atoms with van der Waals surface area (Å²) < 4.78 is 13.5. The van der Waals surface area contributed by atoms with Crippen molar-refractivity contribution in [3.63, 3.8) is 0 Å². The molecule has 29 heavy (non-hydrogen) atoms. The second-order valence-corrected chi connectivity index (χ2v) is 7.86. The summed E-state index contributed by atoms with van der Waals surface area (Å²) in [5.41, 5.74) is 0.705. The summed E-state index contributed by atoms with van der Waals surface area (Å²) in [6, 6.07) is 17.7. The Morgan fingerprint density at radius 1 is 0.931 bits per heavy atom. The Kier molecular flexibility index (Phi) is 7.04. The topological polar surface area (TPSA) is 49.2 Å². The van der Waals surface area contributed by atoms with Gasteiger partial charge in [0.25, 0.3) is 0 Å². The lowest BCUT2D eigenvalue weighted by Gasteiger charge is -2.22. The largest absolute Gasteiger partial charge is 0.457 e. The smallest absolute Gasteiger partial charge is 0.181 e. The maximum absolute atomic E-state index is 5.88. The molecule has 0 aliphatic rings. The van der Waals surface area contributed by atoms with Crippen LogP contribution in [0.4, 0.5) is 0 Å². The zero-order chi connectivity index (χ0) is 20.7. The molecule has 0 atom stereocenters. The second-order valence-electron chi connectivity index (χ2n) is 7.86. The molecule has 154 valence electrons. The van der Waals surface area contributed by atoms with Crippen molar-refractivity contribution in [2.75, 3.05) is 7.11 Å². The quantitative estimate of drug-likeness (QED) is 0.403. The van der Waals surface area contributed by atoms with Crippen LogP contribution < -0.4 is 4.74 Å². The van der Waals surface area contributed by atoms with Gasteiger partial charge in [0.2, 0.25) is 0 Å². The fourth-order valence-electron chi connectivity index (χ4n) is 3.07. The summed E-state index contributed by atoms with van der Waals surface area (Å²) in [4.78, 5) is 4.84. The number of methoxy groups -OCH3 is 1. The van der Waals surface area contributed by atoms with Crippen LogP contribution >= 0.6 is 0 Å². The predicted molar refractivity (Wildman–Crippen MR) is 116 cm³/mol. The molecule has 5 nitrogen and oxygen atoms in total. The Morgan fingerprint density at radius 3 is 2.28 bits per heavy atom. The van der Waals surface area contributed by atoms with Gasteiger partial charge in [-0.1, -0.05) is 38.0 Å². The number of hydrogen-bond acceptors (Lipinski definition) is 4. The van der Waals surface area contributed by atoms with Crippen LogP contribution in [0.2, 0.25) is 0 Å². The lowest BCUT2D eigenvalue weighted by molar-refractivity contribution is 0.0207. The van der Waals surface area contributed by atoms with E-state index in [0.29, 0.717) is 0 Å². The molecule has 0 amide bonds. The van der Waals surface area contributed by atoms with E-state index in [1.54, 1.807) is 7.11 Å². The van der Waals surface area contributed by atoms with Crippen LogP contribution in [0.3, 0.4) is 0 Å². The number of hydrogen-bond donors (Lipinski definition) is 0. The van der Waals surface area contributed by atoms with Crippen molar-refractivity contribution in [2.45, 2.75) is 58.6 Å². The molecule has 2 aromatic carbocycles. The van der Waals surface area contributed by atoms with Crippen LogP contribution in [0.5, 0.6) is 11.5 Å². The van der Waals surface area contributed by atoms with Crippen LogP contribution in [0.15, 0.2) is 54.6 Å². The zero-order valence-corrected chi connectivity index (χ0v) is 17.9. The van der Waals surface area contributed by atoms with Gasteiger partial charge >= 0.3 is 0 Å². The number of para-hydroxylation sites is 1. The van der Waals surface area contributed by atoms with E-state index in [-0.39, 0.29) is 5.60 Å². The first kappa shape index (κ1) is 21.1. The average molecular weight is 394 g/mol. The third kappa shape index (κ3) is 5.91. The Morgan fingerprint density at radius 2 is 1.62 bits per heavy atom. The lowest BCUT2D eigenvalue weighted by Crippen LogP contribution is -2.27. The Bertz CT molecular complexity index is 886. The van der Waals surface area contributed by atoms with Crippen LogP contribution in [-0.2, 0) is 17.7 Å². The standard InChI is InChI=1S/C24H31N3O2/c1-5-6-10-17-27-22(18-24(2,3)28-4)25-23(26-27)19-13-15-21(16-14-19)29-20-11-8-7-9-12-20/h7-9,11-16H,5-6,10,17-18H2,1-4H3. The molecular formula is C24H31N3O2. The van der Waals surface area contributed by atoms with E-state index in [1.165, 1.54) is 12.8 Å². The molecule has 1 aromatic heterocycles. The van der Waals surface area contributed by atoms with Crippen molar-refractivity contribution in [3.8, 4) is 22.9 Å². The number of ether oxygens (including phenoxy) is 2. The molecule has 1 heterocycles. The van der Waals surface area contributed by atoms with Crippen molar-refractivity contribution < 1.29 is 9.47 Å². The van der Waals surface area contributed by atoms with E-state index in [0.717, 1.165) is 48.1 Å². The SMILES string of the molecule is CCCCCn1nc(-c2ccc(Oc3ccccc3)cc2)nc1CC(C)(C)OC. The van der Waals surface area contributed by atoms with Crippen molar-refractivity contribution in [2.24, 2.45) is 0 Å². The maximum atomic E-state index is 5.88. The van der Waals surface area contributed by atoms with Crippen molar-refractivity contribution in [1.82, 2.24) is 14.8 Å². The fraction of sp³-hybridized carbons (Fsp3) is 0.417. The minimum absolute atomic E-state index is 0.278. The highest BCUT2D eigenvalue weighted by atomic mass is 16.5. The van der Waals surface area contributed by atoms with Gasteiger partial charge in [0, 0.05) is 25.6 Å². The number of aryl methyl sites for hydroxylation is 1. The minimum Gasteiger partial charge on any atom is -0.457 e. The maximum Gasteiger partial charge on any atom is 0.181 e. The molecule has 0 spiro atoms. The molecule has 5 heteroatoms. The highest BCUT2D eigenvalue weighted by Gasteiger charge is 2.22. The number of aromatic nitrogens is 3. The molecule has 0 radical (unpaired) electrons. The molecule has 0 saturated heterocycles. The van der Waals surface area contributed by atoms with E-state index < -0.39 is 0 Å². The van der Waals surface area contributed by atoms with Crippen molar-refractivity contribution in [3.05, 3.63) is 60.4 Å². The molecule has 0 saturated carbocycles. The zero-order valence-electron chi connectivity index (χ0n) is 17.9. The normalized spacial score (nSPS) is 11.6. The summed E-state index contributed by atoms with van der Waals surface area (Å²) in [5, 5.41) is 4.79. The molecule has 3 rings (SSSR count). The van der Waals surface area contributed by atoms with Gasteiger partial charge < -0.3 is 9.47 Å². The average Bonchev–Trinajstić information content (AvgIpc) is 3.11. The summed E-state index contributed by atoms with van der Waals surface area (Å²) in [6.07, 6.45) is 4.19. The van der Waals surface area contributed by atoms with Gasteiger partial charge in [0.05, 0.1) is 5.60 Å². The lowest BCUT2D eigenvalue weighted by atomic mass is 10.0. The van der Waals surface area contributed by atoms with Gasteiger partial charge in [-0.15, -0.1) is 0 Å². The molecule has 0 fully saturated rings. The predicted octanol–water partition coefficient (Wildman–Crippen LogP) is 5.90. The van der Waals surface area contributed by atoms with Crippen molar-refractivity contribution >= 4 is 0 Å². The van der Waals surface area contributed by atoms with Gasteiger partial charge in [0.1, 0.15) is 17.3 Å². The van der Waals surface area contributed by atoms with Crippen molar-refractivity contribution in [1.29, 1.82) is 0 Å². The van der Waals surface area contributed by atoms with Crippen LogP contribution in [0.1, 0.15) is 45.9 Å². The van der Waals surface area contributed by atoms with Crippen LogP contribution in [0, 0.1) is 0 Å². The molecule has 0 unspecified atom stereocenters. The van der Waals surface area contributed by atoms with E-state index >= 15 is 0 Å². The van der Waals surface area contributed by atoms with E-state index in [1.807, 2.05) is 59.3 Å². The van der Waals surface area contributed by atoms with E-state index in [9.17, 15) is 0 Å².